The van der Waals surface area contributed by atoms with Crippen LogP contribution in [0.2, 0.25) is 0 Å². The zero-order valence-electron chi connectivity index (χ0n) is 12.3. The summed E-state index contributed by atoms with van der Waals surface area (Å²) in [7, 11) is 0. The Kier molecular flexibility index (Phi) is 3.28. The van der Waals surface area contributed by atoms with Gasteiger partial charge in [0.15, 0.2) is 0 Å². The Morgan fingerprint density at radius 3 is 2.45 bits per heavy atom. The van der Waals surface area contributed by atoms with Crippen LogP contribution in [0.3, 0.4) is 0 Å². The molecule has 0 bridgehead atoms. The number of halogens is 1. The van der Waals surface area contributed by atoms with Crippen LogP contribution in [0.25, 0.3) is 16.8 Å². The van der Waals surface area contributed by atoms with Gasteiger partial charge in [-0.3, -0.25) is 0 Å². The van der Waals surface area contributed by atoms with E-state index in [-0.39, 0.29) is 5.41 Å². The molecule has 0 aromatic heterocycles. The first-order chi connectivity index (χ1) is 10.8. The lowest BCUT2D eigenvalue weighted by atomic mass is 9.68. The van der Waals surface area contributed by atoms with Gasteiger partial charge >= 0.3 is 0 Å². The molecule has 108 valence electrons. The predicted octanol–water partition coefficient (Wildman–Crippen LogP) is 5.78. The van der Waals surface area contributed by atoms with E-state index in [1.165, 1.54) is 27.5 Å². The van der Waals surface area contributed by atoms with Gasteiger partial charge in [0.05, 0.1) is 0 Å². The van der Waals surface area contributed by atoms with Crippen molar-refractivity contribution in [2.45, 2.75) is 11.8 Å². The van der Waals surface area contributed by atoms with Gasteiger partial charge in [-0.05, 0) is 33.9 Å². The van der Waals surface area contributed by atoms with E-state index >= 15 is 0 Å². The van der Waals surface area contributed by atoms with Crippen molar-refractivity contribution in [3.05, 3.63) is 89.5 Å². The maximum Gasteiger partial charge on any atom is 0.0384 e. The van der Waals surface area contributed by atoms with Gasteiger partial charge in [-0.25, -0.2) is 0 Å². The molecule has 0 amide bonds. The second-order valence-electron chi connectivity index (χ2n) is 5.94. The van der Waals surface area contributed by atoms with Crippen LogP contribution in [0.1, 0.15) is 23.1 Å². The SMILES string of the molecule is ClCC1(c2cccc3ccccc23)CC=Cc2ccccc21. The van der Waals surface area contributed by atoms with E-state index in [4.69, 9.17) is 11.6 Å². The van der Waals surface area contributed by atoms with Crippen LogP contribution in [0.15, 0.2) is 72.8 Å². The lowest BCUT2D eigenvalue weighted by molar-refractivity contribution is 0.587. The second kappa shape index (κ2) is 5.30. The molecule has 0 radical (unpaired) electrons. The highest BCUT2D eigenvalue weighted by molar-refractivity contribution is 6.19. The van der Waals surface area contributed by atoms with E-state index in [9.17, 15) is 0 Å². The van der Waals surface area contributed by atoms with E-state index in [0.29, 0.717) is 5.88 Å². The normalized spacial score (nSPS) is 20.0. The molecule has 4 rings (SSSR count). The van der Waals surface area contributed by atoms with E-state index < -0.39 is 0 Å². The molecule has 0 aliphatic heterocycles. The molecule has 3 aromatic rings. The number of hydrogen-bond donors (Lipinski definition) is 0. The Bertz CT molecular complexity index is 857. The van der Waals surface area contributed by atoms with E-state index in [0.717, 1.165) is 6.42 Å². The van der Waals surface area contributed by atoms with Crippen LogP contribution >= 0.6 is 11.6 Å². The second-order valence-corrected chi connectivity index (χ2v) is 6.20. The highest BCUT2D eigenvalue weighted by Crippen LogP contribution is 2.44. The number of benzene rings is 3. The van der Waals surface area contributed by atoms with Gasteiger partial charge in [0.25, 0.3) is 0 Å². The summed E-state index contributed by atoms with van der Waals surface area (Å²) in [5, 5.41) is 2.58. The quantitative estimate of drug-likeness (QED) is 0.526. The zero-order valence-corrected chi connectivity index (χ0v) is 13.1. The average molecular weight is 305 g/mol. The van der Waals surface area contributed by atoms with Crippen LogP contribution in [0.5, 0.6) is 0 Å². The Labute approximate surface area is 136 Å². The van der Waals surface area contributed by atoms with Crippen LogP contribution in [-0.2, 0) is 5.41 Å². The lowest BCUT2D eigenvalue weighted by Gasteiger charge is -2.36. The fraction of sp³-hybridized carbons (Fsp3) is 0.143. The summed E-state index contributed by atoms with van der Waals surface area (Å²) in [6.07, 6.45) is 5.42. The average Bonchev–Trinajstić information content (AvgIpc) is 2.61. The van der Waals surface area contributed by atoms with Crippen molar-refractivity contribution in [2.75, 3.05) is 5.88 Å². The molecule has 0 nitrogen and oxygen atoms in total. The van der Waals surface area contributed by atoms with Gasteiger partial charge < -0.3 is 0 Å². The Morgan fingerprint density at radius 1 is 0.818 bits per heavy atom. The summed E-state index contributed by atoms with van der Waals surface area (Å²) in [5.41, 5.74) is 3.80. The zero-order chi connectivity index (χ0) is 15.0. The first-order valence-electron chi connectivity index (χ1n) is 7.65. The summed E-state index contributed by atoms with van der Waals surface area (Å²) < 4.78 is 0. The van der Waals surface area contributed by atoms with Crippen molar-refractivity contribution in [3.8, 4) is 0 Å². The van der Waals surface area contributed by atoms with Crippen molar-refractivity contribution < 1.29 is 0 Å². The lowest BCUT2D eigenvalue weighted by Crippen LogP contribution is -2.32. The molecule has 0 fully saturated rings. The van der Waals surface area contributed by atoms with Gasteiger partial charge in [-0.2, -0.15) is 0 Å². The highest BCUT2D eigenvalue weighted by atomic mass is 35.5. The molecular weight excluding hydrogens is 288 g/mol. The topological polar surface area (TPSA) is 0 Å². The summed E-state index contributed by atoms with van der Waals surface area (Å²) >= 11 is 6.57. The molecule has 3 aromatic carbocycles. The fourth-order valence-electron chi connectivity index (χ4n) is 3.67. The van der Waals surface area contributed by atoms with Crippen molar-refractivity contribution in [1.29, 1.82) is 0 Å². The molecule has 0 spiro atoms. The fourth-order valence-corrected chi connectivity index (χ4v) is 4.07. The Morgan fingerprint density at radius 2 is 1.55 bits per heavy atom. The molecule has 1 aliphatic carbocycles. The number of allylic oxidation sites excluding steroid dienone is 1. The summed E-state index contributed by atoms with van der Waals surface area (Å²) in [4.78, 5) is 0. The number of fused-ring (bicyclic) bond motifs is 2. The minimum Gasteiger partial charge on any atom is -0.125 e. The van der Waals surface area contributed by atoms with Gasteiger partial charge in [-0.1, -0.05) is 78.9 Å². The maximum absolute atomic E-state index is 6.57. The summed E-state index contributed by atoms with van der Waals surface area (Å²) in [6.45, 7) is 0. The molecule has 0 N–H and O–H groups in total. The minimum atomic E-state index is -0.145. The van der Waals surface area contributed by atoms with Crippen LogP contribution in [0, 0.1) is 0 Å². The molecule has 0 saturated carbocycles. The number of rotatable bonds is 2. The molecule has 1 atom stereocenters. The third kappa shape index (κ3) is 1.91. The largest absolute Gasteiger partial charge is 0.125 e. The molecule has 1 heteroatoms. The molecule has 0 saturated heterocycles. The van der Waals surface area contributed by atoms with Crippen molar-refractivity contribution >= 4 is 28.4 Å². The van der Waals surface area contributed by atoms with Crippen molar-refractivity contribution in [2.24, 2.45) is 0 Å². The molecule has 1 aliphatic rings. The number of alkyl halides is 1. The van der Waals surface area contributed by atoms with Gasteiger partial charge in [0, 0.05) is 11.3 Å². The van der Waals surface area contributed by atoms with E-state index in [1.54, 1.807) is 0 Å². The first-order valence-corrected chi connectivity index (χ1v) is 8.19. The molecule has 22 heavy (non-hydrogen) atoms. The van der Waals surface area contributed by atoms with Crippen molar-refractivity contribution in [3.63, 3.8) is 0 Å². The molecular formula is C21H17Cl. The monoisotopic (exact) mass is 304 g/mol. The van der Waals surface area contributed by atoms with Gasteiger partial charge in [0.1, 0.15) is 0 Å². The Balaban J connectivity index is 2.05. The predicted molar refractivity (Wildman–Crippen MR) is 95.5 cm³/mol. The van der Waals surface area contributed by atoms with Gasteiger partial charge in [0.2, 0.25) is 0 Å². The van der Waals surface area contributed by atoms with Crippen LogP contribution < -0.4 is 0 Å². The molecule has 0 heterocycles. The maximum atomic E-state index is 6.57. The van der Waals surface area contributed by atoms with Crippen LogP contribution in [0.4, 0.5) is 0 Å². The van der Waals surface area contributed by atoms with E-state index in [2.05, 4.69) is 78.9 Å². The van der Waals surface area contributed by atoms with Gasteiger partial charge in [-0.15, -0.1) is 11.6 Å². The standard InChI is InChI=1S/C21H17Cl/c22-15-21(14-6-10-17-8-2-4-12-19(17)21)20-13-5-9-16-7-1-3-11-18(16)20/h1-13H,14-15H2. The van der Waals surface area contributed by atoms with Crippen molar-refractivity contribution in [1.82, 2.24) is 0 Å². The molecule has 1 unspecified atom stereocenters. The smallest absolute Gasteiger partial charge is 0.0384 e. The first kappa shape index (κ1) is 13.6. The highest BCUT2D eigenvalue weighted by Gasteiger charge is 2.36. The minimum absolute atomic E-state index is 0.145. The summed E-state index contributed by atoms with van der Waals surface area (Å²) in [6, 6.07) is 23.7. The Hall–Kier alpha value is -2.05. The number of hydrogen-bond acceptors (Lipinski definition) is 0. The summed E-state index contributed by atoms with van der Waals surface area (Å²) in [5.74, 6) is 0.586. The third-order valence-corrected chi connectivity index (χ3v) is 5.23. The third-order valence-electron chi connectivity index (χ3n) is 4.77. The van der Waals surface area contributed by atoms with Crippen LogP contribution in [-0.4, -0.2) is 5.88 Å². The van der Waals surface area contributed by atoms with E-state index in [1.807, 2.05) is 0 Å².